The Hall–Kier alpha value is -0.390. The smallest absolute Gasteiger partial charge is 0.110 e. The van der Waals surface area contributed by atoms with E-state index in [4.69, 9.17) is 4.74 Å². The Labute approximate surface area is 104 Å². The largest absolute Gasteiger partial charge is 0.383 e. The lowest BCUT2D eigenvalue weighted by Crippen LogP contribution is -2.35. The van der Waals surface area contributed by atoms with Crippen LogP contribution in [0.3, 0.4) is 0 Å². The summed E-state index contributed by atoms with van der Waals surface area (Å²) in [5.41, 5.74) is -0.0347. The van der Waals surface area contributed by atoms with Gasteiger partial charge in [0.25, 0.3) is 0 Å². The zero-order valence-corrected chi connectivity index (χ0v) is 11.2. The molecule has 1 fully saturated rings. The lowest BCUT2D eigenvalue weighted by molar-refractivity contribution is -0.0178. The topological polar surface area (TPSA) is 47.3 Å². The van der Waals surface area contributed by atoms with E-state index < -0.39 is 5.60 Å². The van der Waals surface area contributed by atoms with Crippen LogP contribution in [0.25, 0.3) is 0 Å². The Morgan fingerprint density at radius 1 is 1.75 bits per heavy atom. The number of aromatic nitrogens is 2. The molecule has 4 nitrogen and oxygen atoms in total. The summed E-state index contributed by atoms with van der Waals surface area (Å²) in [6.07, 6.45) is 2.64. The standard InChI is InChI=1S/C11H17BrN2O2/c1-3-14-10(9(12)6-13-14)11(2,15)8-4-5-16-7-8/h6,8,15H,3-5,7H2,1-2H3. The number of hydrogen-bond donors (Lipinski definition) is 1. The van der Waals surface area contributed by atoms with Gasteiger partial charge in [-0.2, -0.15) is 5.10 Å². The van der Waals surface area contributed by atoms with Gasteiger partial charge >= 0.3 is 0 Å². The van der Waals surface area contributed by atoms with Gasteiger partial charge in [0, 0.05) is 19.1 Å². The van der Waals surface area contributed by atoms with Crippen LogP contribution in [0.1, 0.15) is 26.0 Å². The van der Waals surface area contributed by atoms with Crippen LogP contribution in [0, 0.1) is 5.92 Å². The minimum Gasteiger partial charge on any atom is -0.383 e. The first-order chi connectivity index (χ1) is 7.57. The molecule has 0 saturated carbocycles. The van der Waals surface area contributed by atoms with Crippen molar-refractivity contribution < 1.29 is 9.84 Å². The molecule has 1 aromatic rings. The minimum atomic E-state index is -0.887. The van der Waals surface area contributed by atoms with Crippen LogP contribution in [0.5, 0.6) is 0 Å². The molecule has 2 heterocycles. The van der Waals surface area contributed by atoms with Crippen molar-refractivity contribution in [3.05, 3.63) is 16.4 Å². The van der Waals surface area contributed by atoms with Gasteiger partial charge in [0.1, 0.15) is 5.60 Å². The number of nitrogens with zero attached hydrogens (tertiary/aromatic N) is 2. The third-order valence-corrected chi connectivity index (χ3v) is 3.88. The molecule has 2 unspecified atom stereocenters. The Morgan fingerprint density at radius 2 is 2.50 bits per heavy atom. The minimum absolute atomic E-state index is 0.144. The van der Waals surface area contributed by atoms with E-state index in [1.807, 2.05) is 18.5 Å². The molecule has 0 radical (unpaired) electrons. The van der Waals surface area contributed by atoms with Gasteiger partial charge in [-0.3, -0.25) is 4.68 Å². The summed E-state index contributed by atoms with van der Waals surface area (Å²) in [6.45, 7) is 5.97. The molecule has 5 heteroatoms. The second-order valence-electron chi connectivity index (χ2n) is 4.36. The summed E-state index contributed by atoms with van der Waals surface area (Å²) in [5.74, 6) is 0.144. The van der Waals surface area contributed by atoms with Gasteiger partial charge in [0.15, 0.2) is 0 Å². The first-order valence-electron chi connectivity index (χ1n) is 5.59. The highest BCUT2D eigenvalue weighted by Gasteiger charge is 2.40. The molecule has 1 aliphatic heterocycles. The molecule has 0 aliphatic carbocycles. The van der Waals surface area contributed by atoms with Crippen molar-refractivity contribution >= 4 is 15.9 Å². The summed E-state index contributed by atoms with van der Waals surface area (Å²) in [6, 6.07) is 0. The molecule has 1 aromatic heterocycles. The predicted octanol–water partition coefficient (Wildman–Crippen LogP) is 1.91. The molecule has 90 valence electrons. The number of ether oxygens (including phenoxy) is 1. The monoisotopic (exact) mass is 288 g/mol. The summed E-state index contributed by atoms with van der Waals surface area (Å²) in [5, 5.41) is 14.9. The third kappa shape index (κ3) is 1.92. The van der Waals surface area contributed by atoms with E-state index in [0.29, 0.717) is 6.61 Å². The maximum absolute atomic E-state index is 10.7. The molecule has 0 spiro atoms. The number of halogens is 1. The van der Waals surface area contributed by atoms with Crippen LogP contribution < -0.4 is 0 Å². The zero-order chi connectivity index (χ0) is 11.8. The second-order valence-corrected chi connectivity index (χ2v) is 5.22. The van der Waals surface area contributed by atoms with Gasteiger partial charge in [-0.25, -0.2) is 0 Å². The van der Waals surface area contributed by atoms with Crippen molar-refractivity contribution in [1.29, 1.82) is 0 Å². The maximum Gasteiger partial charge on any atom is 0.110 e. The molecule has 0 aromatic carbocycles. The molecule has 1 N–H and O–H groups in total. The van der Waals surface area contributed by atoms with E-state index in [2.05, 4.69) is 21.0 Å². The summed E-state index contributed by atoms with van der Waals surface area (Å²) >= 11 is 3.46. The molecule has 2 rings (SSSR count). The first-order valence-corrected chi connectivity index (χ1v) is 6.38. The summed E-state index contributed by atoms with van der Waals surface area (Å²) in [7, 11) is 0. The third-order valence-electron chi connectivity index (χ3n) is 3.30. The first kappa shape index (κ1) is 12.1. The highest BCUT2D eigenvalue weighted by molar-refractivity contribution is 9.10. The van der Waals surface area contributed by atoms with Gasteiger partial charge in [-0.15, -0.1) is 0 Å². The van der Waals surface area contributed by atoms with Gasteiger partial charge in [0.05, 0.1) is 23.0 Å². The van der Waals surface area contributed by atoms with Crippen molar-refractivity contribution in [3.8, 4) is 0 Å². The molecule has 0 bridgehead atoms. The van der Waals surface area contributed by atoms with E-state index in [-0.39, 0.29) is 5.92 Å². The fourth-order valence-corrected chi connectivity index (χ4v) is 2.97. The normalized spacial score (nSPS) is 24.6. The van der Waals surface area contributed by atoms with Crippen LogP contribution in [0.15, 0.2) is 10.7 Å². The van der Waals surface area contributed by atoms with Gasteiger partial charge in [-0.1, -0.05) is 0 Å². The molecule has 1 aliphatic rings. The average molecular weight is 289 g/mol. The van der Waals surface area contributed by atoms with E-state index in [9.17, 15) is 5.11 Å². The molecule has 16 heavy (non-hydrogen) atoms. The highest BCUT2D eigenvalue weighted by Crippen LogP contribution is 2.38. The van der Waals surface area contributed by atoms with Crippen LogP contribution in [0.2, 0.25) is 0 Å². The lowest BCUT2D eigenvalue weighted by atomic mass is 9.85. The van der Waals surface area contributed by atoms with Crippen molar-refractivity contribution in [3.63, 3.8) is 0 Å². The van der Waals surface area contributed by atoms with E-state index in [0.717, 1.165) is 29.7 Å². The fourth-order valence-electron chi connectivity index (χ4n) is 2.28. The Balaban J connectivity index is 2.36. The van der Waals surface area contributed by atoms with Crippen molar-refractivity contribution in [2.24, 2.45) is 5.92 Å². The SMILES string of the molecule is CCn1ncc(Br)c1C(C)(O)C1CCOC1. The fraction of sp³-hybridized carbons (Fsp3) is 0.727. The molecule has 0 amide bonds. The average Bonchev–Trinajstić information content (AvgIpc) is 2.85. The molecule has 2 atom stereocenters. The highest BCUT2D eigenvalue weighted by atomic mass is 79.9. The molecule has 1 saturated heterocycles. The Kier molecular flexibility index (Phi) is 3.37. The second kappa shape index (κ2) is 4.47. The van der Waals surface area contributed by atoms with E-state index >= 15 is 0 Å². The van der Waals surface area contributed by atoms with Crippen LogP contribution >= 0.6 is 15.9 Å². The number of hydrogen-bond acceptors (Lipinski definition) is 3. The lowest BCUT2D eigenvalue weighted by Gasteiger charge is -2.30. The quantitative estimate of drug-likeness (QED) is 0.924. The predicted molar refractivity (Wildman–Crippen MR) is 64.1 cm³/mol. The van der Waals surface area contributed by atoms with E-state index in [1.165, 1.54) is 0 Å². The number of rotatable bonds is 3. The maximum atomic E-state index is 10.7. The van der Waals surface area contributed by atoms with Gasteiger partial charge in [-0.05, 0) is 36.2 Å². The van der Waals surface area contributed by atoms with Crippen molar-refractivity contribution in [1.82, 2.24) is 9.78 Å². The zero-order valence-electron chi connectivity index (χ0n) is 9.61. The van der Waals surface area contributed by atoms with Crippen molar-refractivity contribution in [2.45, 2.75) is 32.4 Å². The molecular weight excluding hydrogens is 272 g/mol. The van der Waals surface area contributed by atoms with Crippen LogP contribution in [-0.2, 0) is 16.9 Å². The summed E-state index contributed by atoms with van der Waals surface area (Å²) in [4.78, 5) is 0. The molecular formula is C11H17BrN2O2. The Morgan fingerprint density at radius 3 is 3.06 bits per heavy atom. The number of aryl methyl sites for hydroxylation is 1. The van der Waals surface area contributed by atoms with Crippen LogP contribution in [0.4, 0.5) is 0 Å². The Bertz CT molecular complexity index is 370. The van der Waals surface area contributed by atoms with Crippen LogP contribution in [-0.4, -0.2) is 28.1 Å². The number of aliphatic hydroxyl groups is 1. The van der Waals surface area contributed by atoms with E-state index in [1.54, 1.807) is 6.20 Å². The summed E-state index contributed by atoms with van der Waals surface area (Å²) < 4.78 is 8.05. The van der Waals surface area contributed by atoms with Gasteiger partial charge in [0.2, 0.25) is 0 Å². The van der Waals surface area contributed by atoms with Crippen molar-refractivity contribution in [2.75, 3.05) is 13.2 Å². The van der Waals surface area contributed by atoms with Gasteiger partial charge < -0.3 is 9.84 Å².